The Morgan fingerprint density at radius 2 is 1.93 bits per heavy atom. The van der Waals surface area contributed by atoms with Crippen molar-refractivity contribution >= 4 is 40.4 Å². The third kappa shape index (κ3) is 5.77. The number of hydrogen-bond acceptors (Lipinski definition) is 6. The number of amides is 3. The lowest BCUT2D eigenvalue weighted by atomic mass is 10.1. The van der Waals surface area contributed by atoms with E-state index in [1.807, 2.05) is 18.2 Å². The fourth-order valence-electron chi connectivity index (χ4n) is 2.77. The summed E-state index contributed by atoms with van der Waals surface area (Å²) in [4.78, 5) is 36.9. The van der Waals surface area contributed by atoms with E-state index >= 15 is 0 Å². The molecule has 0 aliphatic heterocycles. The second kappa shape index (κ2) is 9.50. The van der Waals surface area contributed by atoms with Crippen molar-refractivity contribution in [1.29, 1.82) is 0 Å². The first-order valence-electron chi connectivity index (χ1n) is 9.36. The lowest BCUT2D eigenvalue weighted by Crippen LogP contribution is -2.27. The van der Waals surface area contributed by atoms with Crippen LogP contribution in [0.15, 0.2) is 42.7 Å². The van der Waals surface area contributed by atoms with Crippen LogP contribution in [0.25, 0.3) is 10.8 Å². The summed E-state index contributed by atoms with van der Waals surface area (Å²) in [5.41, 5.74) is 1.32. The molecule has 0 saturated heterocycles. The highest BCUT2D eigenvalue weighted by Gasteiger charge is 2.09. The zero-order valence-electron chi connectivity index (χ0n) is 16.7. The molecule has 0 aliphatic rings. The van der Waals surface area contributed by atoms with Crippen LogP contribution in [0.3, 0.4) is 0 Å². The molecule has 0 saturated carbocycles. The average Bonchev–Trinajstić information content (AvgIpc) is 2.70. The van der Waals surface area contributed by atoms with Gasteiger partial charge < -0.3 is 20.6 Å². The van der Waals surface area contributed by atoms with Crippen LogP contribution in [0, 0.1) is 6.92 Å². The molecule has 3 rings (SSSR count). The minimum Gasteiger partial charge on any atom is -0.465 e. The van der Waals surface area contributed by atoms with E-state index in [1.54, 1.807) is 31.5 Å². The van der Waals surface area contributed by atoms with Crippen LogP contribution in [-0.2, 0) is 0 Å². The number of anilines is 3. The van der Waals surface area contributed by atoms with Crippen molar-refractivity contribution in [3.8, 4) is 0 Å². The quantitative estimate of drug-likeness (QED) is 0.440. The molecule has 10 heteroatoms. The van der Waals surface area contributed by atoms with Crippen molar-refractivity contribution in [1.82, 2.24) is 19.9 Å². The molecule has 1 aromatic carbocycles. The van der Waals surface area contributed by atoms with Gasteiger partial charge in [-0.3, -0.25) is 10.3 Å². The fourth-order valence-corrected chi connectivity index (χ4v) is 2.77. The number of pyridine rings is 1. The summed E-state index contributed by atoms with van der Waals surface area (Å²) >= 11 is 0. The van der Waals surface area contributed by atoms with Gasteiger partial charge in [0.25, 0.3) is 0 Å². The predicted molar refractivity (Wildman–Crippen MR) is 115 cm³/mol. The molecule has 0 aliphatic carbocycles. The number of hydrogen-bond donors (Lipinski definition) is 4. The molecular weight excluding hydrogens is 386 g/mol. The number of fused-ring (bicyclic) bond motifs is 1. The van der Waals surface area contributed by atoms with Gasteiger partial charge in [0, 0.05) is 55.4 Å². The Hall–Kier alpha value is -3.95. The minimum absolute atomic E-state index is 0.169. The number of carbonyl (C=O) groups excluding carboxylic acids is 1. The molecule has 2 aromatic heterocycles. The minimum atomic E-state index is -0.964. The zero-order valence-corrected chi connectivity index (χ0v) is 16.7. The number of carboxylic acid groups (broad SMARTS) is 1. The Morgan fingerprint density at radius 1 is 1.10 bits per heavy atom. The van der Waals surface area contributed by atoms with Crippen LogP contribution in [0.2, 0.25) is 0 Å². The van der Waals surface area contributed by atoms with Crippen LogP contribution in [0.4, 0.5) is 27.0 Å². The zero-order chi connectivity index (χ0) is 21.5. The third-order valence-corrected chi connectivity index (χ3v) is 4.28. The summed E-state index contributed by atoms with van der Waals surface area (Å²) in [6.07, 6.45) is 3.11. The smallest absolute Gasteiger partial charge is 0.407 e. The molecule has 3 aromatic rings. The van der Waals surface area contributed by atoms with Crippen LogP contribution in [0.5, 0.6) is 0 Å². The second-order valence-electron chi connectivity index (χ2n) is 6.72. The average molecular weight is 409 g/mol. The number of carbonyl (C=O) groups is 2. The van der Waals surface area contributed by atoms with E-state index in [-0.39, 0.29) is 5.95 Å². The SMILES string of the molecule is Cc1cc(NCCCN(C)C(=O)O)nc(NC(=O)Nc2ccc3cnccc3c2)n1. The maximum Gasteiger partial charge on any atom is 0.407 e. The van der Waals surface area contributed by atoms with Gasteiger partial charge in [-0.2, -0.15) is 4.98 Å². The van der Waals surface area contributed by atoms with Gasteiger partial charge in [-0.1, -0.05) is 6.07 Å². The molecule has 0 fully saturated rings. The van der Waals surface area contributed by atoms with Gasteiger partial charge in [0.2, 0.25) is 5.95 Å². The number of benzene rings is 1. The highest BCUT2D eigenvalue weighted by Crippen LogP contribution is 2.18. The van der Waals surface area contributed by atoms with E-state index in [2.05, 4.69) is 30.9 Å². The van der Waals surface area contributed by atoms with E-state index in [0.29, 0.717) is 36.7 Å². The fraction of sp³-hybridized carbons (Fsp3) is 0.250. The number of urea groups is 1. The topological polar surface area (TPSA) is 132 Å². The first-order valence-corrected chi connectivity index (χ1v) is 9.36. The Balaban J connectivity index is 1.57. The van der Waals surface area contributed by atoms with Gasteiger partial charge in [0.15, 0.2) is 0 Å². The lowest BCUT2D eigenvalue weighted by molar-refractivity contribution is 0.156. The van der Waals surface area contributed by atoms with Crippen molar-refractivity contribution < 1.29 is 14.7 Å². The van der Waals surface area contributed by atoms with E-state index in [0.717, 1.165) is 10.8 Å². The summed E-state index contributed by atoms with van der Waals surface area (Å²) in [5, 5.41) is 19.3. The normalized spacial score (nSPS) is 10.5. The molecule has 0 bridgehead atoms. The molecule has 0 radical (unpaired) electrons. The molecule has 4 N–H and O–H groups in total. The lowest BCUT2D eigenvalue weighted by Gasteiger charge is -2.13. The Kier molecular flexibility index (Phi) is 6.58. The molecule has 3 amide bonds. The standard InChI is InChI=1S/C20H23N7O3/c1-13-10-17(22-7-3-9-27(2)20(29)30)25-18(23-13)26-19(28)24-16-5-4-15-12-21-8-6-14(15)11-16/h4-6,8,10-12H,3,7,9H2,1-2H3,(H,29,30)(H3,22,23,24,25,26,28). The number of nitrogens with zero attached hydrogens (tertiary/aromatic N) is 4. The second-order valence-corrected chi connectivity index (χ2v) is 6.72. The molecular formula is C20H23N7O3. The summed E-state index contributed by atoms with van der Waals surface area (Å²) in [7, 11) is 1.52. The number of aromatic nitrogens is 3. The number of aryl methyl sites for hydroxylation is 1. The van der Waals surface area contributed by atoms with E-state index in [4.69, 9.17) is 5.11 Å². The largest absolute Gasteiger partial charge is 0.465 e. The third-order valence-electron chi connectivity index (χ3n) is 4.28. The van der Waals surface area contributed by atoms with Gasteiger partial charge >= 0.3 is 12.1 Å². The first kappa shape index (κ1) is 20.8. The van der Waals surface area contributed by atoms with E-state index in [9.17, 15) is 9.59 Å². The summed E-state index contributed by atoms with van der Waals surface area (Å²) < 4.78 is 0. The Labute approximate surface area is 173 Å². The Bertz CT molecular complexity index is 1060. The maximum atomic E-state index is 12.3. The highest BCUT2D eigenvalue weighted by molar-refractivity contribution is 6.00. The van der Waals surface area contributed by atoms with Crippen molar-refractivity contribution in [3.05, 3.63) is 48.4 Å². The van der Waals surface area contributed by atoms with Crippen molar-refractivity contribution in [2.45, 2.75) is 13.3 Å². The van der Waals surface area contributed by atoms with Crippen LogP contribution in [0.1, 0.15) is 12.1 Å². The summed E-state index contributed by atoms with van der Waals surface area (Å²) in [6.45, 7) is 2.74. The van der Waals surface area contributed by atoms with Gasteiger partial charge in [0.1, 0.15) is 5.82 Å². The van der Waals surface area contributed by atoms with Crippen LogP contribution < -0.4 is 16.0 Å². The summed E-state index contributed by atoms with van der Waals surface area (Å²) in [6, 6.07) is 8.69. The molecule has 2 heterocycles. The van der Waals surface area contributed by atoms with Gasteiger partial charge in [-0.15, -0.1) is 0 Å². The predicted octanol–water partition coefficient (Wildman–Crippen LogP) is 3.39. The first-order chi connectivity index (χ1) is 14.4. The number of rotatable bonds is 7. The van der Waals surface area contributed by atoms with Gasteiger partial charge in [-0.05, 0) is 36.9 Å². The van der Waals surface area contributed by atoms with Gasteiger partial charge in [0.05, 0.1) is 0 Å². The maximum absolute atomic E-state index is 12.3. The molecule has 156 valence electrons. The number of nitrogens with one attached hydrogen (secondary N) is 3. The molecule has 10 nitrogen and oxygen atoms in total. The van der Waals surface area contributed by atoms with Crippen molar-refractivity contribution in [2.75, 3.05) is 36.1 Å². The van der Waals surface area contributed by atoms with E-state index < -0.39 is 12.1 Å². The van der Waals surface area contributed by atoms with Crippen molar-refractivity contribution in [3.63, 3.8) is 0 Å². The molecule has 30 heavy (non-hydrogen) atoms. The van der Waals surface area contributed by atoms with Gasteiger partial charge in [-0.25, -0.2) is 14.6 Å². The summed E-state index contributed by atoms with van der Waals surface area (Å²) in [5.74, 6) is 0.719. The monoisotopic (exact) mass is 409 g/mol. The molecule has 0 unspecified atom stereocenters. The molecule has 0 spiro atoms. The van der Waals surface area contributed by atoms with Crippen LogP contribution >= 0.6 is 0 Å². The van der Waals surface area contributed by atoms with E-state index in [1.165, 1.54) is 11.9 Å². The van der Waals surface area contributed by atoms with Crippen LogP contribution in [-0.4, -0.2) is 57.2 Å². The van der Waals surface area contributed by atoms with Crippen molar-refractivity contribution in [2.24, 2.45) is 0 Å². The molecule has 0 atom stereocenters. The highest BCUT2D eigenvalue weighted by atomic mass is 16.4. The Morgan fingerprint density at radius 3 is 2.73 bits per heavy atom.